The summed E-state index contributed by atoms with van der Waals surface area (Å²) >= 11 is 0. The van der Waals surface area contributed by atoms with Crippen LogP contribution in [0.1, 0.15) is 30.5 Å². The minimum Gasteiger partial charge on any atom is -0.438 e. The van der Waals surface area contributed by atoms with E-state index in [1.54, 1.807) is 6.20 Å². The van der Waals surface area contributed by atoms with E-state index in [2.05, 4.69) is 58.0 Å². The molecule has 1 heterocycles. The first-order valence-electron chi connectivity index (χ1n) is 8.77. The number of hydrogen-bond donors (Lipinski definition) is 2. The summed E-state index contributed by atoms with van der Waals surface area (Å²) in [4.78, 5) is 4.16. The lowest BCUT2D eigenvalue weighted by Crippen LogP contribution is -2.10. The van der Waals surface area contributed by atoms with Crippen molar-refractivity contribution < 1.29 is 9.94 Å². The number of nitrogens with one attached hydrogen (secondary N) is 1. The first-order chi connectivity index (χ1) is 12.7. The van der Waals surface area contributed by atoms with E-state index in [1.165, 1.54) is 0 Å². The molecule has 1 aromatic heterocycles. The highest BCUT2D eigenvalue weighted by molar-refractivity contribution is 5.78. The number of benzene rings is 1. The molecule has 0 fully saturated rings. The molecule has 0 radical (unpaired) electrons. The number of oxime groups is 1. The Morgan fingerprint density at radius 3 is 2.69 bits per heavy atom. The SMILES string of the molecule is Cc1ccc(O/C(CCc2ccc(NC3=CCCC=C3)cc2)=N/O)cn1. The first-order valence-corrected chi connectivity index (χ1v) is 8.77. The van der Waals surface area contributed by atoms with Crippen molar-refractivity contribution in [2.24, 2.45) is 5.16 Å². The van der Waals surface area contributed by atoms with Crippen LogP contribution in [0.4, 0.5) is 5.69 Å². The molecule has 3 rings (SSSR count). The Morgan fingerprint density at radius 2 is 2.04 bits per heavy atom. The lowest BCUT2D eigenvalue weighted by molar-refractivity contribution is 0.300. The van der Waals surface area contributed by atoms with Crippen molar-refractivity contribution in [3.8, 4) is 5.75 Å². The van der Waals surface area contributed by atoms with E-state index >= 15 is 0 Å². The molecule has 1 aliphatic rings. The fraction of sp³-hybridized carbons (Fsp3) is 0.238. The average Bonchev–Trinajstić information content (AvgIpc) is 2.68. The van der Waals surface area contributed by atoms with E-state index < -0.39 is 0 Å². The molecular weight excluding hydrogens is 326 g/mol. The van der Waals surface area contributed by atoms with Crippen LogP contribution in [-0.4, -0.2) is 16.1 Å². The van der Waals surface area contributed by atoms with Crippen molar-refractivity contribution in [2.75, 3.05) is 5.32 Å². The predicted octanol–water partition coefficient (Wildman–Crippen LogP) is 4.84. The zero-order chi connectivity index (χ0) is 18.2. The Morgan fingerprint density at radius 1 is 1.19 bits per heavy atom. The first kappa shape index (κ1) is 17.7. The van der Waals surface area contributed by atoms with Gasteiger partial charge >= 0.3 is 0 Å². The molecule has 134 valence electrons. The van der Waals surface area contributed by atoms with E-state index in [0.717, 1.165) is 41.9 Å². The van der Waals surface area contributed by atoms with Crippen LogP contribution in [0.2, 0.25) is 0 Å². The number of aromatic nitrogens is 1. The topological polar surface area (TPSA) is 66.7 Å². The maximum atomic E-state index is 9.17. The van der Waals surface area contributed by atoms with Gasteiger partial charge in [0.2, 0.25) is 5.90 Å². The van der Waals surface area contributed by atoms with Crippen molar-refractivity contribution >= 4 is 11.6 Å². The van der Waals surface area contributed by atoms with E-state index in [0.29, 0.717) is 12.2 Å². The minimum atomic E-state index is 0.273. The Balaban J connectivity index is 1.52. The Bertz CT molecular complexity index is 806. The molecule has 0 bridgehead atoms. The van der Waals surface area contributed by atoms with Gasteiger partial charge in [0.1, 0.15) is 5.75 Å². The summed E-state index contributed by atoms with van der Waals surface area (Å²) in [6.07, 6.45) is 11.5. The third-order valence-corrected chi connectivity index (χ3v) is 4.10. The van der Waals surface area contributed by atoms with Crippen LogP contribution in [0.15, 0.2) is 71.7 Å². The van der Waals surface area contributed by atoms with Crippen LogP contribution in [0.25, 0.3) is 0 Å². The predicted molar refractivity (Wildman–Crippen MR) is 104 cm³/mol. The molecule has 0 saturated carbocycles. The maximum absolute atomic E-state index is 9.17. The van der Waals surface area contributed by atoms with Gasteiger partial charge in [-0.15, -0.1) is 0 Å². The third kappa shape index (κ3) is 5.21. The largest absolute Gasteiger partial charge is 0.438 e. The Kier molecular flexibility index (Phi) is 6.04. The van der Waals surface area contributed by atoms with Gasteiger partial charge in [0.25, 0.3) is 0 Å². The zero-order valence-electron chi connectivity index (χ0n) is 14.9. The molecule has 2 aromatic rings. The van der Waals surface area contributed by atoms with Crippen LogP contribution in [0, 0.1) is 6.92 Å². The molecule has 5 nitrogen and oxygen atoms in total. The second kappa shape index (κ2) is 8.85. The Labute approximate surface area is 153 Å². The number of ether oxygens (including phenoxy) is 1. The van der Waals surface area contributed by atoms with Crippen LogP contribution in [0.3, 0.4) is 0 Å². The number of hydrogen-bond acceptors (Lipinski definition) is 5. The van der Waals surface area contributed by atoms with Crippen molar-refractivity contribution in [1.82, 2.24) is 4.98 Å². The van der Waals surface area contributed by atoms with E-state index in [4.69, 9.17) is 9.94 Å². The monoisotopic (exact) mass is 349 g/mol. The summed E-state index contributed by atoms with van der Waals surface area (Å²) in [7, 11) is 0. The van der Waals surface area contributed by atoms with Crippen LogP contribution < -0.4 is 10.1 Å². The van der Waals surface area contributed by atoms with Gasteiger partial charge in [-0.2, -0.15) is 0 Å². The standard InChI is InChI=1S/C21H23N3O2/c1-16-7-13-20(15-22-16)26-21(24-25)14-10-17-8-11-19(12-9-17)23-18-5-3-2-4-6-18/h3,5-9,11-13,15,23,25H,2,4,10,14H2,1H3/b24-21+. The van der Waals surface area contributed by atoms with Crippen molar-refractivity contribution in [2.45, 2.75) is 32.6 Å². The molecule has 26 heavy (non-hydrogen) atoms. The van der Waals surface area contributed by atoms with Crippen LogP contribution >= 0.6 is 0 Å². The lowest BCUT2D eigenvalue weighted by atomic mass is 10.1. The number of aryl methyl sites for hydroxylation is 2. The van der Waals surface area contributed by atoms with Crippen LogP contribution in [0.5, 0.6) is 5.75 Å². The molecule has 5 heteroatoms. The molecule has 0 unspecified atom stereocenters. The smallest absolute Gasteiger partial charge is 0.231 e. The van der Waals surface area contributed by atoms with Crippen molar-refractivity contribution in [3.63, 3.8) is 0 Å². The minimum absolute atomic E-state index is 0.273. The van der Waals surface area contributed by atoms with E-state index in [9.17, 15) is 0 Å². The number of rotatable bonds is 6. The van der Waals surface area contributed by atoms with Gasteiger partial charge in [0.15, 0.2) is 0 Å². The van der Waals surface area contributed by atoms with Crippen LogP contribution in [-0.2, 0) is 6.42 Å². The van der Waals surface area contributed by atoms with Gasteiger partial charge in [-0.25, -0.2) is 0 Å². The molecule has 1 aliphatic carbocycles. The third-order valence-electron chi connectivity index (χ3n) is 4.10. The quantitative estimate of drug-likeness (QED) is 0.339. The molecule has 0 amide bonds. The highest BCUT2D eigenvalue weighted by Crippen LogP contribution is 2.17. The Hall–Kier alpha value is -3.08. The molecule has 0 saturated heterocycles. The molecule has 0 spiro atoms. The van der Waals surface area contributed by atoms with Gasteiger partial charge in [-0.05, 0) is 62.1 Å². The molecule has 0 atom stereocenters. The van der Waals surface area contributed by atoms with E-state index in [-0.39, 0.29) is 5.90 Å². The summed E-state index contributed by atoms with van der Waals surface area (Å²) in [5.41, 5.74) is 4.26. The number of nitrogens with zero attached hydrogens (tertiary/aromatic N) is 2. The van der Waals surface area contributed by atoms with Gasteiger partial charge in [-0.3, -0.25) is 4.98 Å². The molecule has 1 aromatic carbocycles. The average molecular weight is 349 g/mol. The van der Waals surface area contributed by atoms with Gasteiger partial charge < -0.3 is 15.3 Å². The number of pyridine rings is 1. The summed E-state index contributed by atoms with van der Waals surface area (Å²) in [6, 6.07) is 11.9. The molecule has 2 N–H and O–H groups in total. The molecular formula is C21H23N3O2. The van der Waals surface area contributed by atoms with Crippen molar-refractivity contribution in [1.29, 1.82) is 0 Å². The molecule has 0 aliphatic heterocycles. The van der Waals surface area contributed by atoms with Gasteiger partial charge in [0.05, 0.1) is 6.20 Å². The summed E-state index contributed by atoms with van der Waals surface area (Å²) in [5, 5.41) is 15.8. The number of anilines is 1. The second-order valence-electron chi connectivity index (χ2n) is 6.19. The summed E-state index contributed by atoms with van der Waals surface area (Å²) in [6.45, 7) is 1.91. The zero-order valence-corrected chi connectivity index (χ0v) is 14.9. The maximum Gasteiger partial charge on any atom is 0.231 e. The highest BCUT2D eigenvalue weighted by atomic mass is 16.5. The normalized spacial score (nSPS) is 14.0. The fourth-order valence-electron chi connectivity index (χ4n) is 2.65. The lowest BCUT2D eigenvalue weighted by Gasteiger charge is -2.11. The summed E-state index contributed by atoms with van der Waals surface area (Å²) in [5.74, 6) is 0.840. The van der Waals surface area contributed by atoms with Gasteiger partial charge in [0, 0.05) is 23.5 Å². The van der Waals surface area contributed by atoms with Crippen molar-refractivity contribution in [3.05, 3.63) is 77.8 Å². The number of allylic oxidation sites excluding steroid dienone is 3. The second-order valence-corrected chi connectivity index (χ2v) is 6.19. The highest BCUT2D eigenvalue weighted by Gasteiger charge is 2.06. The van der Waals surface area contributed by atoms with E-state index in [1.807, 2.05) is 19.1 Å². The summed E-state index contributed by atoms with van der Waals surface area (Å²) < 4.78 is 5.57. The fourth-order valence-corrected chi connectivity index (χ4v) is 2.65. The van der Waals surface area contributed by atoms with Gasteiger partial charge in [-0.1, -0.05) is 29.4 Å².